The van der Waals surface area contributed by atoms with E-state index in [2.05, 4.69) is 13.0 Å². The summed E-state index contributed by atoms with van der Waals surface area (Å²) in [7, 11) is 0. The monoisotopic (exact) mass is 417 g/mol. The van der Waals surface area contributed by atoms with E-state index >= 15 is 0 Å². The van der Waals surface area contributed by atoms with E-state index in [1.54, 1.807) is 12.4 Å². The van der Waals surface area contributed by atoms with Gasteiger partial charge in [-0.3, -0.25) is 19.6 Å². The number of benzene rings is 1. The van der Waals surface area contributed by atoms with Gasteiger partial charge in [0, 0.05) is 17.4 Å². The highest BCUT2D eigenvalue weighted by Crippen LogP contribution is 2.43. The number of carbonyl (C=O) groups is 3. The first kappa shape index (κ1) is 24.1. The molecule has 1 aliphatic rings. The maximum Gasteiger partial charge on any atom is 0.306 e. The van der Waals surface area contributed by atoms with Crippen molar-refractivity contribution in [1.29, 1.82) is 0 Å². The third-order valence-corrected chi connectivity index (χ3v) is 6.17. The number of ketones is 1. The smallest absolute Gasteiger partial charge is 0.306 e. The largest absolute Gasteiger partial charge is 0.466 e. The van der Waals surface area contributed by atoms with Crippen molar-refractivity contribution in [2.24, 2.45) is 5.41 Å². The Morgan fingerprint density at radius 2 is 1.83 bits per heavy atom. The van der Waals surface area contributed by atoms with Gasteiger partial charge in [-0.25, -0.2) is 5.48 Å². The lowest BCUT2D eigenvalue weighted by Gasteiger charge is -2.37. The van der Waals surface area contributed by atoms with Crippen LogP contribution in [0.5, 0.6) is 0 Å². The number of hydrogen-bond donors (Lipinski definition) is 2. The molecule has 1 aromatic carbocycles. The summed E-state index contributed by atoms with van der Waals surface area (Å²) in [6.07, 6.45) is 7.00. The van der Waals surface area contributed by atoms with Gasteiger partial charge in [0.05, 0.1) is 13.0 Å². The number of ether oxygens (including phenoxy) is 1. The molecule has 0 bridgehead atoms. The lowest BCUT2D eigenvalue weighted by atomic mass is 9.65. The van der Waals surface area contributed by atoms with Crippen molar-refractivity contribution in [2.75, 3.05) is 6.61 Å². The van der Waals surface area contributed by atoms with Crippen LogP contribution in [0.15, 0.2) is 12.1 Å². The van der Waals surface area contributed by atoms with Crippen LogP contribution in [0.3, 0.4) is 0 Å². The number of esters is 1. The van der Waals surface area contributed by atoms with Gasteiger partial charge in [0.1, 0.15) is 0 Å². The van der Waals surface area contributed by atoms with Crippen LogP contribution in [-0.2, 0) is 20.7 Å². The summed E-state index contributed by atoms with van der Waals surface area (Å²) in [5.41, 5.74) is 5.07. The van der Waals surface area contributed by atoms with E-state index in [0.717, 1.165) is 60.8 Å². The lowest BCUT2D eigenvalue weighted by molar-refractivity contribution is -0.145. The molecule has 0 heterocycles. The highest BCUT2D eigenvalue weighted by Gasteiger charge is 2.44. The number of unbranched alkanes of at least 4 members (excludes halogenated alkanes) is 4. The first-order chi connectivity index (χ1) is 14.3. The van der Waals surface area contributed by atoms with Gasteiger partial charge in [-0.15, -0.1) is 0 Å². The fourth-order valence-electron chi connectivity index (χ4n) is 4.61. The quantitative estimate of drug-likeness (QED) is 0.237. The predicted molar refractivity (Wildman–Crippen MR) is 114 cm³/mol. The molecule has 0 aliphatic heterocycles. The number of Topliss-reactive ketones (excluding diaryl/α,β-unsaturated/α-hetero) is 1. The minimum absolute atomic E-state index is 0.0863. The first-order valence-electron chi connectivity index (χ1n) is 11.1. The molecule has 1 amide bonds. The number of aryl methyl sites for hydroxylation is 2. The Labute approximate surface area is 179 Å². The van der Waals surface area contributed by atoms with Gasteiger partial charge in [0.25, 0.3) is 0 Å². The van der Waals surface area contributed by atoms with Crippen LogP contribution in [0.2, 0.25) is 0 Å². The van der Waals surface area contributed by atoms with Crippen molar-refractivity contribution >= 4 is 17.7 Å². The van der Waals surface area contributed by atoms with E-state index in [1.165, 1.54) is 0 Å². The maximum absolute atomic E-state index is 13.6. The van der Waals surface area contributed by atoms with E-state index < -0.39 is 5.41 Å². The summed E-state index contributed by atoms with van der Waals surface area (Å²) < 4.78 is 5.20. The van der Waals surface area contributed by atoms with Crippen LogP contribution in [0.25, 0.3) is 0 Å². The Bertz CT molecular complexity index is 773. The molecule has 0 radical (unpaired) electrons. The molecular weight excluding hydrogens is 382 g/mol. The zero-order valence-corrected chi connectivity index (χ0v) is 18.5. The molecule has 166 valence electrons. The van der Waals surface area contributed by atoms with Gasteiger partial charge < -0.3 is 4.74 Å². The first-order valence-corrected chi connectivity index (χ1v) is 11.1. The van der Waals surface area contributed by atoms with Gasteiger partial charge in [-0.05, 0) is 63.6 Å². The summed E-state index contributed by atoms with van der Waals surface area (Å²) in [5.74, 6) is -0.572. The van der Waals surface area contributed by atoms with Crippen molar-refractivity contribution in [3.05, 3.63) is 34.4 Å². The second-order valence-electron chi connectivity index (χ2n) is 8.50. The van der Waals surface area contributed by atoms with Gasteiger partial charge in [0.15, 0.2) is 5.78 Å². The molecule has 1 aromatic rings. The van der Waals surface area contributed by atoms with Crippen LogP contribution in [0.1, 0.15) is 91.8 Å². The Morgan fingerprint density at radius 3 is 2.53 bits per heavy atom. The summed E-state index contributed by atoms with van der Waals surface area (Å²) >= 11 is 0. The molecule has 0 spiro atoms. The molecule has 30 heavy (non-hydrogen) atoms. The molecule has 1 atom stereocenters. The molecular formula is C24H35NO5. The fourth-order valence-corrected chi connectivity index (χ4v) is 4.61. The lowest BCUT2D eigenvalue weighted by Crippen LogP contribution is -2.39. The van der Waals surface area contributed by atoms with E-state index in [0.29, 0.717) is 25.9 Å². The van der Waals surface area contributed by atoms with E-state index in [4.69, 9.17) is 9.94 Å². The van der Waals surface area contributed by atoms with Crippen LogP contribution >= 0.6 is 0 Å². The Hall–Kier alpha value is -2.21. The molecule has 0 aromatic heterocycles. The zero-order valence-electron chi connectivity index (χ0n) is 18.5. The fraction of sp³-hybridized carbons (Fsp3) is 0.625. The van der Waals surface area contributed by atoms with E-state index in [9.17, 15) is 14.4 Å². The second kappa shape index (κ2) is 11.3. The normalized spacial score (nSPS) is 18.1. The molecule has 2 rings (SSSR count). The topological polar surface area (TPSA) is 92.7 Å². The van der Waals surface area contributed by atoms with Crippen molar-refractivity contribution in [1.82, 2.24) is 5.48 Å². The Balaban J connectivity index is 2.05. The van der Waals surface area contributed by atoms with Crippen LogP contribution in [0, 0.1) is 19.3 Å². The molecule has 0 fully saturated rings. The van der Waals surface area contributed by atoms with Gasteiger partial charge in [-0.2, -0.15) is 0 Å². The summed E-state index contributed by atoms with van der Waals surface area (Å²) in [5, 5.41) is 8.52. The summed E-state index contributed by atoms with van der Waals surface area (Å²) in [4.78, 5) is 37.0. The summed E-state index contributed by atoms with van der Waals surface area (Å²) in [6, 6.07) is 4.08. The zero-order chi connectivity index (χ0) is 22.1. The Kier molecular flexibility index (Phi) is 9.03. The van der Waals surface area contributed by atoms with Crippen LogP contribution in [-0.4, -0.2) is 29.5 Å². The SMILES string of the molecule is CCOC(=O)CC1(CCCCCCCC(=O)NO)CCc2c(C)cc(C)cc2C1=O. The molecule has 6 nitrogen and oxygen atoms in total. The molecule has 1 unspecified atom stereocenters. The predicted octanol–water partition coefficient (Wildman–Crippen LogP) is 4.61. The standard InChI is InChI=1S/C24H35NO5/c1-4-30-22(27)16-24(12-9-7-5-6-8-10-21(26)25-29)13-11-19-18(3)14-17(2)15-20(19)23(24)28/h14-15,29H,4-13,16H2,1-3H3,(H,25,26). The third kappa shape index (κ3) is 6.14. The van der Waals surface area contributed by atoms with Gasteiger partial charge in [0.2, 0.25) is 5.91 Å². The van der Waals surface area contributed by atoms with Crippen molar-refractivity contribution in [3.63, 3.8) is 0 Å². The highest BCUT2D eigenvalue weighted by atomic mass is 16.5. The number of hydrogen-bond acceptors (Lipinski definition) is 5. The van der Waals surface area contributed by atoms with Gasteiger partial charge >= 0.3 is 5.97 Å². The number of amides is 1. The number of rotatable bonds is 11. The van der Waals surface area contributed by atoms with E-state index in [-0.39, 0.29) is 24.1 Å². The number of nitrogens with one attached hydrogen (secondary N) is 1. The van der Waals surface area contributed by atoms with E-state index in [1.807, 2.05) is 13.0 Å². The van der Waals surface area contributed by atoms with Crippen molar-refractivity contribution < 1.29 is 24.3 Å². The van der Waals surface area contributed by atoms with Gasteiger partial charge in [-0.1, -0.05) is 37.3 Å². The van der Waals surface area contributed by atoms with Crippen molar-refractivity contribution in [3.8, 4) is 0 Å². The number of carbonyl (C=O) groups excluding carboxylic acids is 3. The average Bonchev–Trinajstić information content (AvgIpc) is 2.70. The van der Waals surface area contributed by atoms with Crippen LogP contribution < -0.4 is 5.48 Å². The minimum Gasteiger partial charge on any atom is -0.466 e. The minimum atomic E-state index is -0.684. The number of fused-ring (bicyclic) bond motifs is 1. The Morgan fingerprint density at radius 1 is 1.13 bits per heavy atom. The second-order valence-corrected chi connectivity index (χ2v) is 8.50. The molecule has 0 saturated heterocycles. The van der Waals surface area contributed by atoms with Crippen molar-refractivity contribution in [2.45, 2.75) is 85.0 Å². The summed E-state index contributed by atoms with van der Waals surface area (Å²) in [6.45, 7) is 6.15. The molecule has 0 saturated carbocycles. The average molecular weight is 418 g/mol. The molecule has 2 N–H and O–H groups in total. The van der Waals surface area contributed by atoms with Crippen LogP contribution in [0.4, 0.5) is 0 Å². The number of hydroxylamine groups is 1. The maximum atomic E-state index is 13.6. The highest BCUT2D eigenvalue weighted by molar-refractivity contribution is 6.04. The third-order valence-electron chi connectivity index (χ3n) is 6.17. The molecule has 1 aliphatic carbocycles. The molecule has 6 heteroatoms.